The van der Waals surface area contributed by atoms with Crippen LogP contribution in [-0.4, -0.2) is 29.2 Å². The van der Waals surface area contributed by atoms with Gasteiger partial charge < -0.3 is 0 Å². The van der Waals surface area contributed by atoms with Crippen molar-refractivity contribution in [1.29, 1.82) is 0 Å². The quantitative estimate of drug-likeness (QED) is 0.291. The topological polar surface area (TPSA) is 92.5 Å². The van der Waals surface area contributed by atoms with Crippen molar-refractivity contribution in [3.8, 4) is 0 Å². The maximum absolute atomic E-state index is 11.6. The molecule has 0 aliphatic carbocycles. The number of nitrogens with two attached hydrogens (primary N) is 1. The zero-order valence-electron chi connectivity index (χ0n) is 9.74. The normalized spacial score (nSPS) is 21.5. The van der Waals surface area contributed by atoms with Crippen LogP contribution in [0.25, 0.3) is 0 Å². The Labute approximate surface area is 94.1 Å². The lowest BCUT2D eigenvalue weighted by Crippen LogP contribution is -2.48. The van der Waals surface area contributed by atoms with Crippen LogP contribution in [0.15, 0.2) is 0 Å². The minimum atomic E-state index is -0.871. The summed E-state index contributed by atoms with van der Waals surface area (Å²) >= 11 is 0. The number of nitrogens with one attached hydrogen (secondary N) is 1. The highest BCUT2D eigenvalue weighted by Crippen LogP contribution is 2.24. The molecule has 3 N–H and O–H groups in total. The Morgan fingerprint density at radius 3 is 2.50 bits per heavy atom. The van der Waals surface area contributed by atoms with Crippen LogP contribution in [0.1, 0.15) is 27.2 Å². The highest BCUT2D eigenvalue weighted by atomic mass is 16.2. The molecule has 16 heavy (non-hydrogen) atoms. The maximum Gasteiger partial charge on any atom is 0.241 e. The van der Waals surface area contributed by atoms with Crippen LogP contribution in [0.5, 0.6) is 0 Å². The third-order valence-electron chi connectivity index (χ3n) is 2.77. The molecule has 1 aliphatic heterocycles. The van der Waals surface area contributed by atoms with E-state index < -0.39 is 11.3 Å². The highest BCUT2D eigenvalue weighted by molar-refractivity contribution is 6.03. The lowest BCUT2D eigenvalue weighted by molar-refractivity contribution is -0.142. The van der Waals surface area contributed by atoms with E-state index in [1.54, 1.807) is 20.8 Å². The number of likely N-dealkylation sites (tertiary alicyclic amines) is 1. The van der Waals surface area contributed by atoms with E-state index in [1.165, 1.54) is 0 Å². The van der Waals surface area contributed by atoms with Gasteiger partial charge in [0.25, 0.3) is 0 Å². The van der Waals surface area contributed by atoms with Crippen LogP contribution in [-0.2, 0) is 14.4 Å². The number of nitrogens with zero attached hydrogens (tertiary/aromatic N) is 1. The molecule has 1 fully saturated rings. The smallest absolute Gasteiger partial charge is 0.241 e. The van der Waals surface area contributed by atoms with Crippen LogP contribution >= 0.6 is 0 Å². The van der Waals surface area contributed by atoms with Crippen LogP contribution in [0.4, 0.5) is 0 Å². The van der Waals surface area contributed by atoms with Crippen molar-refractivity contribution in [3.63, 3.8) is 0 Å². The minimum Gasteiger partial charge on any atom is -0.294 e. The fourth-order valence-corrected chi connectivity index (χ4v) is 1.68. The molecule has 3 amide bonds. The van der Waals surface area contributed by atoms with Gasteiger partial charge in [0.2, 0.25) is 17.7 Å². The monoisotopic (exact) mass is 227 g/mol. The van der Waals surface area contributed by atoms with Crippen LogP contribution in [0, 0.1) is 11.3 Å². The number of carbonyl (C=O) groups excluding carboxylic acids is 3. The summed E-state index contributed by atoms with van der Waals surface area (Å²) in [6.07, 6.45) is 0.221. The third-order valence-corrected chi connectivity index (χ3v) is 2.77. The predicted molar refractivity (Wildman–Crippen MR) is 56.6 cm³/mol. The molecule has 0 saturated carbocycles. The zero-order valence-corrected chi connectivity index (χ0v) is 9.74. The zero-order chi connectivity index (χ0) is 12.5. The van der Waals surface area contributed by atoms with Crippen LogP contribution in [0.3, 0.4) is 0 Å². The lowest BCUT2D eigenvalue weighted by Gasteiger charge is -2.27. The van der Waals surface area contributed by atoms with Gasteiger partial charge in [0.05, 0.1) is 5.41 Å². The fourth-order valence-electron chi connectivity index (χ4n) is 1.68. The van der Waals surface area contributed by atoms with Gasteiger partial charge in [0.1, 0.15) is 0 Å². The molecule has 1 rings (SSSR count). The van der Waals surface area contributed by atoms with E-state index in [2.05, 4.69) is 0 Å². The molecule has 6 nitrogen and oxygen atoms in total. The molecule has 0 aromatic rings. The molecule has 0 radical (unpaired) electrons. The molecule has 1 saturated heterocycles. The standard InChI is InChI=1S/C10H17N3O3/c1-6-4-7(14)13(8(6)15)5-10(2,3)9(16)12-11/h6H,4-5,11H2,1-3H3,(H,12,16). The molecule has 0 aromatic heterocycles. The van der Waals surface area contributed by atoms with E-state index in [4.69, 9.17) is 5.84 Å². The van der Waals surface area contributed by atoms with Gasteiger partial charge in [-0.15, -0.1) is 0 Å². The molecule has 1 aliphatic rings. The van der Waals surface area contributed by atoms with Crippen molar-refractivity contribution in [2.45, 2.75) is 27.2 Å². The molecule has 1 unspecified atom stereocenters. The molecule has 1 heterocycles. The first-order chi connectivity index (χ1) is 7.29. The molecule has 0 spiro atoms. The molecule has 6 heteroatoms. The number of rotatable bonds is 3. The second kappa shape index (κ2) is 4.21. The van der Waals surface area contributed by atoms with E-state index in [9.17, 15) is 14.4 Å². The van der Waals surface area contributed by atoms with Crippen molar-refractivity contribution < 1.29 is 14.4 Å². The first-order valence-electron chi connectivity index (χ1n) is 5.15. The van der Waals surface area contributed by atoms with Crippen molar-refractivity contribution in [2.75, 3.05) is 6.54 Å². The van der Waals surface area contributed by atoms with Crippen LogP contribution < -0.4 is 11.3 Å². The van der Waals surface area contributed by atoms with E-state index in [1.807, 2.05) is 5.43 Å². The largest absolute Gasteiger partial charge is 0.294 e. The molecular formula is C10H17N3O3. The van der Waals surface area contributed by atoms with Crippen molar-refractivity contribution in [2.24, 2.45) is 17.2 Å². The molecule has 0 aromatic carbocycles. The van der Waals surface area contributed by atoms with Gasteiger partial charge in [-0.25, -0.2) is 5.84 Å². The van der Waals surface area contributed by atoms with Gasteiger partial charge in [-0.05, 0) is 13.8 Å². The first kappa shape index (κ1) is 12.6. The van der Waals surface area contributed by atoms with Crippen molar-refractivity contribution in [1.82, 2.24) is 10.3 Å². The summed E-state index contributed by atoms with van der Waals surface area (Å²) in [5.41, 5.74) is 1.16. The SMILES string of the molecule is CC1CC(=O)N(CC(C)(C)C(=O)NN)C1=O. The molecule has 90 valence electrons. The van der Waals surface area contributed by atoms with Gasteiger partial charge in [-0.3, -0.25) is 24.7 Å². The number of carbonyl (C=O) groups is 3. The highest BCUT2D eigenvalue weighted by Gasteiger charge is 2.40. The van der Waals surface area contributed by atoms with E-state index in [0.717, 1.165) is 4.90 Å². The Bertz CT molecular complexity index is 338. The van der Waals surface area contributed by atoms with Gasteiger partial charge in [-0.2, -0.15) is 0 Å². The number of hydrogen-bond acceptors (Lipinski definition) is 4. The summed E-state index contributed by atoms with van der Waals surface area (Å²) in [5.74, 6) is 3.91. The summed E-state index contributed by atoms with van der Waals surface area (Å²) < 4.78 is 0. The summed E-state index contributed by atoms with van der Waals surface area (Å²) in [4.78, 5) is 35.7. The number of imide groups is 1. The molecule has 1 atom stereocenters. The fraction of sp³-hybridized carbons (Fsp3) is 0.700. The Morgan fingerprint density at radius 1 is 1.56 bits per heavy atom. The summed E-state index contributed by atoms with van der Waals surface area (Å²) in [6.45, 7) is 5.05. The Kier molecular flexibility index (Phi) is 3.32. The van der Waals surface area contributed by atoms with E-state index >= 15 is 0 Å². The molecular weight excluding hydrogens is 210 g/mol. The average molecular weight is 227 g/mol. The predicted octanol–water partition coefficient (Wildman–Crippen LogP) is -0.602. The Balaban J connectivity index is 2.78. The number of amides is 3. The summed E-state index contributed by atoms with van der Waals surface area (Å²) in [7, 11) is 0. The van der Waals surface area contributed by atoms with Gasteiger partial charge in [0.15, 0.2) is 0 Å². The van der Waals surface area contributed by atoms with Crippen molar-refractivity contribution in [3.05, 3.63) is 0 Å². The second-order valence-corrected chi connectivity index (χ2v) is 4.78. The van der Waals surface area contributed by atoms with Crippen LogP contribution in [0.2, 0.25) is 0 Å². The Morgan fingerprint density at radius 2 is 2.12 bits per heavy atom. The van der Waals surface area contributed by atoms with Gasteiger partial charge in [0, 0.05) is 18.9 Å². The van der Waals surface area contributed by atoms with E-state index in [-0.39, 0.29) is 30.7 Å². The number of hydrazine groups is 1. The molecule has 0 bridgehead atoms. The lowest BCUT2D eigenvalue weighted by atomic mass is 9.92. The summed E-state index contributed by atoms with van der Waals surface area (Å²) in [6, 6.07) is 0. The average Bonchev–Trinajstić information content (AvgIpc) is 2.43. The van der Waals surface area contributed by atoms with Gasteiger partial charge >= 0.3 is 0 Å². The summed E-state index contributed by atoms with van der Waals surface area (Å²) in [5, 5.41) is 0. The second-order valence-electron chi connectivity index (χ2n) is 4.78. The minimum absolute atomic E-state index is 0.0675. The number of hydrogen-bond donors (Lipinski definition) is 2. The van der Waals surface area contributed by atoms with E-state index in [0.29, 0.717) is 0 Å². The van der Waals surface area contributed by atoms with Crippen molar-refractivity contribution >= 4 is 17.7 Å². The van der Waals surface area contributed by atoms with Gasteiger partial charge in [-0.1, -0.05) is 6.92 Å². The first-order valence-corrected chi connectivity index (χ1v) is 5.15. The third kappa shape index (κ3) is 2.21. The maximum atomic E-state index is 11.6. The Hall–Kier alpha value is -1.43.